The Morgan fingerprint density at radius 2 is 2.00 bits per heavy atom. The number of nitro benzene ring substituents is 1. The molecule has 1 aromatic rings. The fourth-order valence-electron chi connectivity index (χ4n) is 1.58. The van der Waals surface area contributed by atoms with Gasteiger partial charge in [-0.2, -0.15) is 0 Å². The second-order valence-electron chi connectivity index (χ2n) is 4.01. The lowest BCUT2D eigenvalue weighted by Crippen LogP contribution is -2.20. The van der Waals surface area contributed by atoms with Crippen molar-refractivity contribution in [3.8, 4) is 0 Å². The molecule has 0 radical (unpaired) electrons. The molecule has 0 saturated heterocycles. The summed E-state index contributed by atoms with van der Waals surface area (Å²) in [5.41, 5.74) is 1.25. The van der Waals surface area contributed by atoms with Crippen LogP contribution in [-0.4, -0.2) is 11.0 Å². The van der Waals surface area contributed by atoms with Crippen molar-refractivity contribution in [1.29, 1.82) is 0 Å². The van der Waals surface area contributed by atoms with Gasteiger partial charge in [0.2, 0.25) is 0 Å². The van der Waals surface area contributed by atoms with Crippen LogP contribution >= 0.6 is 0 Å². The zero-order valence-electron chi connectivity index (χ0n) is 8.64. The van der Waals surface area contributed by atoms with Crippen molar-refractivity contribution in [1.82, 2.24) is 5.32 Å². The highest BCUT2D eigenvalue weighted by Crippen LogP contribution is 2.24. The van der Waals surface area contributed by atoms with Gasteiger partial charge in [0, 0.05) is 24.2 Å². The van der Waals surface area contributed by atoms with Gasteiger partial charge in [-0.25, -0.2) is 0 Å². The number of nitro groups is 1. The molecule has 4 heteroatoms. The molecule has 1 saturated carbocycles. The van der Waals surface area contributed by atoms with E-state index in [-0.39, 0.29) is 16.7 Å². The van der Waals surface area contributed by atoms with Crippen LogP contribution in [0.1, 0.15) is 31.4 Å². The Labute approximate surface area is 88.5 Å². The normalized spacial score (nSPS) is 17.4. The monoisotopic (exact) mass is 206 g/mol. The maximum atomic E-state index is 10.5. The summed E-state index contributed by atoms with van der Waals surface area (Å²) in [6.07, 6.45) is 2.49. The molecule has 1 aliphatic carbocycles. The number of hydrogen-bond acceptors (Lipinski definition) is 3. The molecule has 1 atom stereocenters. The van der Waals surface area contributed by atoms with Gasteiger partial charge >= 0.3 is 0 Å². The van der Waals surface area contributed by atoms with Crippen LogP contribution in [0.4, 0.5) is 5.69 Å². The average Bonchev–Trinajstić information content (AvgIpc) is 3.02. The first kappa shape index (κ1) is 10.1. The molecule has 0 amide bonds. The number of benzene rings is 1. The van der Waals surface area contributed by atoms with E-state index < -0.39 is 0 Å². The highest BCUT2D eigenvalue weighted by molar-refractivity contribution is 5.34. The molecular formula is C11H14N2O2. The van der Waals surface area contributed by atoms with Crippen molar-refractivity contribution in [2.75, 3.05) is 0 Å². The van der Waals surface area contributed by atoms with E-state index in [9.17, 15) is 10.1 Å². The molecule has 1 fully saturated rings. The Morgan fingerprint density at radius 1 is 1.40 bits per heavy atom. The summed E-state index contributed by atoms with van der Waals surface area (Å²) in [7, 11) is 0. The molecule has 4 nitrogen and oxygen atoms in total. The van der Waals surface area contributed by atoms with Crippen molar-refractivity contribution in [2.24, 2.45) is 0 Å². The van der Waals surface area contributed by atoms with E-state index in [2.05, 4.69) is 12.2 Å². The summed E-state index contributed by atoms with van der Waals surface area (Å²) >= 11 is 0. The van der Waals surface area contributed by atoms with Gasteiger partial charge < -0.3 is 5.32 Å². The SMILES string of the molecule is CC(NC1CC1)c1ccc([N+](=O)[O-])cc1. The Bertz CT molecular complexity index is 357. The minimum Gasteiger partial charge on any atom is -0.307 e. The second kappa shape index (κ2) is 3.98. The van der Waals surface area contributed by atoms with Crippen LogP contribution in [-0.2, 0) is 0 Å². The fourth-order valence-corrected chi connectivity index (χ4v) is 1.58. The number of hydrogen-bond donors (Lipinski definition) is 1. The van der Waals surface area contributed by atoms with Gasteiger partial charge in [0.25, 0.3) is 5.69 Å². The van der Waals surface area contributed by atoms with Crippen LogP contribution in [0.3, 0.4) is 0 Å². The summed E-state index contributed by atoms with van der Waals surface area (Å²) in [5, 5.41) is 13.9. The third-order valence-corrected chi connectivity index (χ3v) is 2.67. The molecule has 1 N–H and O–H groups in total. The Hall–Kier alpha value is -1.42. The van der Waals surface area contributed by atoms with Gasteiger partial charge in [0.1, 0.15) is 0 Å². The molecule has 0 spiro atoms. The van der Waals surface area contributed by atoms with Gasteiger partial charge in [-0.15, -0.1) is 0 Å². The van der Waals surface area contributed by atoms with Crippen molar-refractivity contribution >= 4 is 5.69 Å². The maximum absolute atomic E-state index is 10.5. The average molecular weight is 206 g/mol. The number of non-ortho nitro benzene ring substituents is 1. The van der Waals surface area contributed by atoms with Crippen molar-refractivity contribution in [3.05, 3.63) is 39.9 Å². The van der Waals surface area contributed by atoms with Crippen LogP contribution in [0.15, 0.2) is 24.3 Å². The lowest BCUT2D eigenvalue weighted by Gasteiger charge is -2.12. The molecule has 1 aromatic carbocycles. The number of rotatable bonds is 4. The molecule has 0 aliphatic heterocycles. The van der Waals surface area contributed by atoms with Crippen molar-refractivity contribution in [3.63, 3.8) is 0 Å². The van der Waals surface area contributed by atoms with Gasteiger partial charge in [0.05, 0.1) is 4.92 Å². The van der Waals surface area contributed by atoms with Gasteiger partial charge in [0.15, 0.2) is 0 Å². The second-order valence-corrected chi connectivity index (χ2v) is 4.01. The molecule has 80 valence electrons. The molecule has 2 rings (SSSR count). The topological polar surface area (TPSA) is 55.2 Å². The largest absolute Gasteiger partial charge is 0.307 e. The van der Waals surface area contributed by atoms with E-state index in [4.69, 9.17) is 0 Å². The first-order valence-electron chi connectivity index (χ1n) is 5.17. The van der Waals surface area contributed by atoms with Crippen LogP contribution in [0, 0.1) is 10.1 Å². The highest BCUT2D eigenvalue weighted by Gasteiger charge is 2.23. The third-order valence-electron chi connectivity index (χ3n) is 2.67. The van der Waals surface area contributed by atoms with Gasteiger partial charge in [-0.05, 0) is 25.3 Å². The first-order chi connectivity index (χ1) is 7.16. The molecule has 0 aromatic heterocycles. The summed E-state index contributed by atoms with van der Waals surface area (Å²) in [6, 6.07) is 7.67. The van der Waals surface area contributed by atoms with E-state index in [1.165, 1.54) is 12.8 Å². The summed E-state index contributed by atoms with van der Waals surface area (Å²) in [6.45, 7) is 2.08. The summed E-state index contributed by atoms with van der Waals surface area (Å²) < 4.78 is 0. The van der Waals surface area contributed by atoms with E-state index in [1.54, 1.807) is 12.1 Å². The molecule has 15 heavy (non-hydrogen) atoms. The molecule has 1 unspecified atom stereocenters. The minimum atomic E-state index is -0.372. The van der Waals surface area contributed by atoms with E-state index in [0.29, 0.717) is 6.04 Å². The fraction of sp³-hybridized carbons (Fsp3) is 0.455. The number of nitrogens with zero attached hydrogens (tertiary/aromatic N) is 1. The van der Waals surface area contributed by atoms with E-state index in [0.717, 1.165) is 5.56 Å². The summed E-state index contributed by atoms with van der Waals surface area (Å²) in [5.74, 6) is 0. The molecule has 1 aliphatic rings. The zero-order valence-corrected chi connectivity index (χ0v) is 8.64. The predicted octanol–water partition coefficient (Wildman–Crippen LogP) is 2.41. The third kappa shape index (κ3) is 2.53. The Morgan fingerprint density at radius 3 is 2.47 bits per heavy atom. The highest BCUT2D eigenvalue weighted by atomic mass is 16.6. The van der Waals surface area contributed by atoms with Crippen molar-refractivity contribution in [2.45, 2.75) is 31.8 Å². The van der Waals surface area contributed by atoms with E-state index in [1.807, 2.05) is 12.1 Å². The predicted molar refractivity (Wildman–Crippen MR) is 57.7 cm³/mol. The lowest BCUT2D eigenvalue weighted by molar-refractivity contribution is -0.384. The van der Waals surface area contributed by atoms with Gasteiger partial charge in [-0.1, -0.05) is 12.1 Å². The van der Waals surface area contributed by atoms with E-state index >= 15 is 0 Å². The molecule has 0 bridgehead atoms. The Kier molecular flexibility index (Phi) is 2.68. The quantitative estimate of drug-likeness (QED) is 0.608. The number of nitrogens with one attached hydrogen (secondary N) is 1. The molecule has 0 heterocycles. The lowest BCUT2D eigenvalue weighted by atomic mass is 10.1. The van der Waals surface area contributed by atoms with Crippen molar-refractivity contribution < 1.29 is 4.92 Å². The van der Waals surface area contributed by atoms with Crippen LogP contribution in [0.2, 0.25) is 0 Å². The van der Waals surface area contributed by atoms with Crippen LogP contribution < -0.4 is 5.32 Å². The first-order valence-corrected chi connectivity index (χ1v) is 5.17. The van der Waals surface area contributed by atoms with Gasteiger partial charge in [-0.3, -0.25) is 10.1 Å². The molecular weight excluding hydrogens is 192 g/mol. The van der Waals surface area contributed by atoms with Crippen LogP contribution in [0.5, 0.6) is 0 Å². The summed E-state index contributed by atoms with van der Waals surface area (Å²) in [4.78, 5) is 10.1. The Balaban J connectivity index is 2.04. The smallest absolute Gasteiger partial charge is 0.269 e. The standard InChI is InChI=1S/C11H14N2O2/c1-8(12-10-4-5-10)9-2-6-11(7-3-9)13(14)15/h2-3,6-8,10,12H,4-5H2,1H3. The van der Waals surface area contributed by atoms with Crippen LogP contribution in [0.25, 0.3) is 0 Å². The zero-order chi connectivity index (χ0) is 10.8. The minimum absolute atomic E-state index is 0.150. The maximum Gasteiger partial charge on any atom is 0.269 e.